The number of ether oxygens (including phenoxy) is 1. The summed E-state index contributed by atoms with van der Waals surface area (Å²) < 4.78 is 5.20. The number of methoxy groups -OCH3 is 1. The van der Waals surface area contributed by atoms with E-state index in [0.29, 0.717) is 5.92 Å². The summed E-state index contributed by atoms with van der Waals surface area (Å²) in [4.78, 5) is 18.9. The maximum absolute atomic E-state index is 12.8. The van der Waals surface area contributed by atoms with E-state index in [1.54, 1.807) is 19.5 Å². The monoisotopic (exact) mass is 310 g/mol. The summed E-state index contributed by atoms with van der Waals surface area (Å²) in [5.74, 6) is 1.39. The van der Waals surface area contributed by atoms with E-state index >= 15 is 0 Å². The Balaban J connectivity index is 1.72. The number of pyridine rings is 1. The van der Waals surface area contributed by atoms with Crippen molar-refractivity contribution in [3.63, 3.8) is 0 Å². The zero-order chi connectivity index (χ0) is 16.2. The van der Waals surface area contributed by atoms with Gasteiger partial charge in [0.05, 0.1) is 7.11 Å². The van der Waals surface area contributed by atoms with Crippen LogP contribution in [0.15, 0.2) is 42.7 Å². The Bertz CT molecular complexity index is 682. The molecular formula is C19H22N2O2. The van der Waals surface area contributed by atoms with Crippen molar-refractivity contribution in [2.75, 3.05) is 20.2 Å². The maximum atomic E-state index is 12.8. The molecule has 4 heteroatoms. The minimum absolute atomic E-state index is 0.125. The molecule has 0 bridgehead atoms. The van der Waals surface area contributed by atoms with E-state index in [4.69, 9.17) is 4.74 Å². The molecule has 4 nitrogen and oxygen atoms in total. The van der Waals surface area contributed by atoms with Crippen LogP contribution in [0.25, 0.3) is 0 Å². The highest BCUT2D eigenvalue weighted by Gasteiger charge is 2.28. The highest BCUT2D eigenvalue weighted by atomic mass is 16.5. The number of benzene rings is 1. The number of nitrogens with zero attached hydrogens (tertiary/aromatic N) is 2. The van der Waals surface area contributed by atoms with Crippen molar-refractivity contribution < 1.29 is 9.53 Å². The number of hydrogen-bond acceptors (Lipinski definition) is 3. The number of amides is 1. The number of rotatable bonds is 4. The minimum Gasteiger partial charge on any atom is -0.497 e. The van der Waals surface area contributed by atoms with E-state index in [1.165, 1.54) is 5.56 Å². The van der Waals surface area contributed by atoms with Crippen molar-refractivity contribution >= 4 is 5.91 Å². The quantitative estimate of drug-likeness (QED) is 0.870. The number of likely N-dealkylation sites (tertiary alicyclic amines) is 1. The summed E-state index contributed by atoms with van der Waals surface area (Å²) in [6.45, 7) is 3.63. The molecule has 0 radical (unpaired) electrons. The highest BCUT2D eigenvalue weighted by molar-refractivity contribution is 5.95. The number of carbonyl (C=O) groups excluding carboxylic acids is 1. The molecule has 1 aliphatic heterocycles. The lowest BCUT2D eigenvalue weighted by atomic mass is 9.98. The molecule has 1 aromatic heterocycles. The average Bonchev–Trinajstić information content (AvgIpc) is 3.11. The van der Waals surface area contributed by atoms with E-state index in [0.717, 1.165) is 42.8 Å². The standard InChI is InChI=1S/C19H22N2O2/c1-3-14-12-20-10-8-18(14)19(22)21-11-9-16(13-21)15-4-6-17(23-2)7-5-15/h4-8,10,12,16H,3,9,11,13H2,1-2H3. The van der Waals surface area contributed by atoms with Gasteiger partial charge in [0.1, 0.15) is 5.75 Å². The zero-order valence-electron chi connectivity index (χ0n) is 13.7. The fourth-order valence-corrected chi connectivity index (χ4v) is 3.18. The Morgan fingerprint density at radius 3 is 2.78 bits per heavy atom. The second kappa shape index (κ2) is 6.82. The van der Waals surface area contributed by atoms with Crippen molar-refractivity contribution in [1.82, 2.24) is 9.88 Å². The Morgan fingerprint density at radius 2 is 2.09 bits per heavy atom. The molecule has 2 aromatic rings. The Labute approximate surface area is 137 Å². The van der Waals surface area contributed by atoms with Gasteiger partial charge in [-0.05, 0) is 42.2 Å². The highest BCUT2D eigenvalue weighted by Crippen LogP contribution is 2.29. The normalized spacial score (nSPS) is 17.3. The summed E-state index contributed by atoms with van der Waals surface area (Å²) in [6, 6.07) is 10.0. The molecule has 3 rings (SSSR count). The van der Waals surface area contributed by atoms with Crippen LogP contribution < -0.4 is 4.74 Å². The lowest BCUT2D eigenvalue weighted by Crippen LogP contribution is -2.29. The molecule has 1 atom stereocenters. The summed E-state index contributed by atoms with van der Waals surface area (Å²) in [7, 11) is 1.67. The minimum atomic E-state index is 0.125. The van der Waals surface area contributed by atoms with Gasteiger partial charge in [0.25, 0.3) is 5.91 Å². The second-order valence-electron chi connectivity index (χ2n) is 5.90. The van der Waals surface area contributed by atoms with Gasteiger partial charge in [-0.15, -0.1) is 0 Å². The van der Waals surface area contributed by atoms with E-state index < -0.39 is 0 Å². The van der Waals surface area contributed by atoms with E-state index in [-0.39, 0.29) is 5.91 Å². The molecule has 1 fully saturated rings. The SMILES string of the molecule is CCc1cnccc1C(=O)N1CCC(c2ccc(OC)cc2)C1. The lowest BCUT2D eigenvalue weighted by molar-refractivity contribution is 0.0789. The van der Waals surface area contributed by atoms with Crippen LogP contribution in [-0.2, 0) is 6.42 Å². The molecule has 1 unspecified atom stereocenters. The predicted molar refractivity (Wildman–Crippen MR) is 89.9 cm³/mol. The van der Waals surface area contributed by atoms with E-state index in [2.05, 4.69) is 24.0 Å². The first-order chi connectivity index (χ1) is 11.2. The fraction of sp³-hybridized carbons (Fsp3) is 0.368. The third-order valence-electron chi connectivity index (χ3n) is 4.58. The largest absolute Gasteiger partial charge is 0.497 e. The predicted octanol–water partition coefficient (Wildman–Crippen LogP) is 3.28. The third-order valence-corrected chi connectivity index (χ3v) is 4.58. The van der Waals surface area contributed by atoms with Crippen LogP contribution in [0.5, 0.6) is 5.75 Å². The Morgan fingerprint density at radius 1 is 1.30 bits per heavy atom. The molecule has 1 amide bonds. The third kappa shape index (κ3) is 3.21. The topological polar surface area (TPSA) is 42.4 Å². The van der Waals surface area contributed by atoms with Crippen molar-refractivity contribution in [3.05, 3.63) is 59.4 Å². The molecule has 0 aliphatic carbocycles. The van der Waals surface area contributed by atoms with Gasteiger partial charge in [0.15, 0.2) is 0 Å². The van der Waals surface area contributed by atoms with Crippen LogP contribution in [0.4, 0.5) is 0 Å². The molecule has 1 aromatic carbocycles. The Hall–Kier alpha value is -2.36. The molecule has 1 aliphatic rings. The van der Waals surface area contributed by atoms with Gasteiger partial charge in [0.2, 0.25) is 0 Å². The average molecular weight is 310 g/mol. The van der Waals surface area contributed by atoms with Crippen LogP contribution in [0.1, 0.15) is 40.7 Å². The van der Waals surface area contributed by atoms with Crippen molar-refractivity contribution in [2.24, 2.45) is 0 Å². The van der Waals surface area contributed by atoms with Gasteiger partial charge in [-0.1, -0.05) is 19.1 Å². The van der Waals surface area contributed by atoms with Crippen molar-refractivity contribution in [2.45, 2.75) is 25.7 Å². The first kappa shape index (κ1) is 15.5. The molecule has 0 spiro atoms. The van der Waals surface area contributed by atoms with Gasteiger partial charge in [0, 0.05) is 37.0 Å². The van der Waals surface area contributed by atoms with Gasteiger partial charge < -0.3 is 9.64 Å². The molecule has 1 saturated heterocycles. The molecule has 23 heavy (non-hydrogen) atoms. The molecule has 120 valence electrons. The maximum Gasteiger partial charge on any atom is 0.254 e. The summed E-state index contributed by atoms with van der Waals surface area (Å²) in [5, 5.41) is 0. The van der Waals surface area contributed by atoms with Gasteiger partial charge >= 0.3 is 0 Å². The first-order valence-electron chi connectivity index (χ1n) is 8.09. The van der Waals surface area contributed by atoms with Crippen LogP contribution in [0.2, 0.25) is 0 Å². The van der Waals surface area contributed by atoms with Gasteiger partial charge in [-0.25, -0.2) is 0 Å². The van der Waals surface area contributed by atoms with E-state index in [9.17, 15) is 4.79 Å². The van der Waals surface area contributed by atoms with Crippen LogP contribution in [-0.4, -0.2) is 36.0 Å². The molecule has 0 saturated carbocycles. The van der Waals surface area contributed by atoms with Gasteiger partial charge in [-0.2, -0.15) is 0 Å². The van der Waals surface area contributed by atoms with Crippen LogP contribution in [0, 0.1) is 0 Å². The molecule has 0 N–H and O–H groups in total. The van der Waals surface area contributed by atoms with Crippen molar-refractivity contribution in [1.29, 1.82) is 0 Å². The smallest absolute Gasteiger partial charge is 0.254 e. The molecular weight excluding hydrogens is 288 g/mol. The van der Waals surface area contributed by atoms with Crippen LogP contribution >= 0.6 is 0 Å². The lowest BCUT2D eigenvalue weighted by Gasteiger charge is -2.18. The number of carbonyl (C=O) groups is 1. The fourth-order valence-electron chi connectivity index (χ4n) is 3.18. The number of aromatic nitrogens is 1. The first-order valence-corrected chi connectivity index (χ1v) is 8.09. The summed E-state index contributed by atoms with van der Waals surface area (Å²) >= 11 is 0. The summed E-state index contributed by atoms with van der Waals surface area (Å²) in [6.07, 6.45) is 5.32. The summed E-state index contributed by atoms with van der Waals surface area (Å²) in [5.41, 5.74) is 3.08. The zero-order valence-corrected chi connectivity index (χ0v) is 13.7. The van der Waals surface area contributed by atoms with Gasteiger partial charge in [-0.3, -0.25) is 9.78 Å². The number of hydrogen-bond donors (Lipinski definition) is 0. The second-order valence-corrected chi connectivity index (χ2v) is 5.90. The molecule has 2 heterocycles. The van der Waals surface area contributed by atoms with Crippen molar-refractivity contribution in [3.8, 4) is 5.75 Å². The van der Waals surface area contributed by atoms with E-state index in [1.807, 2.05) is 23.1 Å². The van der Waals surface area contributed by atoms with Crippen LogP contribution in [0.3, 0.4) is 0 Å². The Kier molecular flexibility index (Phi) is 4.60. The number of aryl methyl sites for hydroxylation is 1.